The monoisotopic (exact) mass is 372 g/mol. The molecular weight excluding hydrogens is 348 g/mol. The number of carbonyl (C=O) groups is 1. The van der Waals surface area contributed by atoms with Crippen molar-refractivity contribution in [2.24, 2.45) is 0 Å². The van der Waals surface area contributed by atoms with Crippen molar-refractivity contribution < 1.29 is 19.4 Å². The Bertz CT molecular complexity index is 718. The van der Waals surface area contributed by atoms with E-state index in [1.165, 1.54) is 7.11 Å². The van der Waals surface area contributed by atoms with E-state index in [0.717, 1.165) is 32.1 Å². The van der Waals surface area contributed by atoms with Crippen molar-refractivity contribution in [3.8, 4) is 5.75 Å². The van der Waals surface area contributed by atoms with Crippen LogP contribution in [0.2, 0.25) is 0 Å². The van der Waals surface area contributed by atoms with Crippen molar-refractivity contribution in [1.29, 1.82) is 0 Å². The zero-order valence-electron chi connectivity index (χ0n) is 15.3. The summed E-state index contributed by atoms with van der Waals surface area (Å²) in [4.78, 5) is 24.3. The minimum Gasteiger partial charge on any atom is -0.491 e. The average Bonchev–Trinajstić information content (AvgIpc) is 2.73. The highest BCUT2D eigenvalue weighted by atomic mass is 16.5. The highest BCUT2D eigenvalue weighted by molar-refractivity contribution is 5.89. The first-order chi connectivity index (χ1) is 13.2. The number of piperazine rings is 1. The largest absolute Gasteiger partial charge is 0.491 e. The lowest BCUT2D eigenvalue weighted by atomic mass is 10.2. The third-order valence-electron chi connectivity index (χ3n) is 4.39. The van der Waals surface area contributed by atoms with Crippen molar-refractivity contribution in [3.05, 3.63) is 48.3 Å². The number of esters is 1. The van der Waals surface area contributed by atoms with Gasteiger partial charge in [-0.05, 0) is 30.3 Å². The molecule has 8 nitrogen and oxygen atoms in total. The molecule has 144 valence electrons. The maximum atomic E-state index is 11.4. The summed E-state index contributed by atoms with van der Waals surface area (Å²) in [6.45, 7) is 4.06. The van der Waals surface area contributed by atoms with Gasteiger partial charge in [-0.25, -0.2) is 14.8 Å². The van der Waals surface area contributed by atoms with Crippen LogP contribution >= 0.6 is 0 Å². The van der Waals surface area contributed by atoms with Crippen molar-refractivity contribution in [2.75, 3.05) is 51.3 Å². The predicted octanol–water partition coefficient (Wildman–Crippen LogP) is 0.825. The number of methoxy groups -OCH3 is 1. The number of hydrogen-bond acceptors (Lipinski definition) is 8. The molecule has 1 aliphatic heterocycles. The van der Waals surface area contributed by atoms with E-state index >= 15 is 0 Å². The molecule has 0 radical (unpaired) electrons. The van der Waals surface area contributed by atoms with E-state index in [9.17, 15) is 9.90 Å². The van der Waals surface area contributed by atoms with Crippen molar-refractivity contribution >= 4 is 11.9 Å². The second-order valence-corrected chi connectivity index (χ2v) is 6.32. The van der Waals surface area contributed by atoms with Crippen molar-refractivity contribution in [2.45, 2.75) is 6.10 Å². The summed E-state index contributed by atoms with van der Waals surface area (Å²) in [6.07, 6.45) is 2.89. The van der Waals surface area contributed by atoms with Crippen LogP contribution < -0.4 is 9.64 Å². The molecule has 0 saturated carbocycles. The molecule has 0 bridgehead atoms. The molecule has 1 N–H and O–H groups in total. The van der Waals surface area contributed by atoms with E-state index in [2.05, 4.69) is 24.5 Å². The van der Waals surface area contributed by atoms with Gasteiger partial charge in [0.25, 0.3) is 0 Å². The molecule has 27 heavy (non-hydrogen) atoms. The first-order valence-electron chi connectivity index (χ1n) is 8.89. The summed E-state index contributed by atoms with van der Waals surface area (Å²) in [5, 5.41) is 10.2. The molecule has 1 aromatic carbocycles. The first-order valence-corrected chi connectivity index (χ1v) is 8.89. The lowest BCUT2D eigenvalue weighted by molar-refractivity contribution is 0.0599. The molecule has 2 aromatic rings. The van der Waals surface area contributed by atoms with Gasteiger partial charge >= 0.3 is 5.97 Å². The number of carbonyl (C=O) groups excluding carboxylic acids is 1. The molecule has 1 saturated heterocycles. The zero-order valence-corrected chi connectivity index (χ0v) is 15.3. The Labute approximate surface area is 158 Å². The molecule has 0 aliphatic carbocycles. The summed E-state index contributed by atoms with van der Waals surface area (Å²) in [6, 6.07) is 8.46. The van der Waals surface area contributed by atoms with Crippen LogP contribution in [0.1, 0.15) is 10.4 Å². The third-order valence-corrected chi connectivity index (χ3v) is 4.39. The number of aromatic nitrogens is 2. The van der Waals surface area contributed by atoms with Gasteiger partial charge in [-0.2, -0.15) is 0 Å². The van der Waals surface area contributed by atoms with Crippen LogP contribution in [-0.2, 0) is 4.74 Å². The van der Waals surface area contributed by atoms with Crippen LogP contribution in [-0.4, -0.2) is 78.5 Å². The fourth-order valence-electron chi connectivity index (χ4n) is 2.93. The number of ether oxygens (including phenoxy) is 2. The first kappa shape index (κ1) is 19.1. The highest BCUT2D eigenvalue weighted by Crippen LogP contribution is 2.14. The Hall–Kier alpha value is -2.71. The number of rotatable bonds is 7. The summed E-state index contributed by atoms with van der Waals surface area (Å²) >= 11 is 0. The van der Waals surface area contributed by atoms with E-state index < -0.39 is 6.10 Å². The molecule has 1 aromatic heterocycles. The van der Waals surface area contributed by atoms with Crippen molar-refractivity contribution in [3.63, 3.8) is 0 Å². The molecule has 2 heterocycles. The second kappa shape index (κ2) is 9.29. The summed E-state index contributed by atoms with van der Waals surface area (Å²) in [5.74, 6) is 0.964. The number of aliphatic hydroxyl groups excluding tert-OH is 1. The topological polar surface area (TPSA) is 88.0 Å². The maximum Gasteiger partial charge on any atom is 0.337 e. The molecule has 8 heteroatoms. The number of benzene rings is 1. The fraction of sp³-hybridized carbons (Fsp3) is 0.421. The summed E-state index contributed by atoms with van der Waals surface area (Å²) in [5.41, 5.74) is 0.464. The Balaban J connectivity index is 1.40. The van der Waals surface area contributed by atoms with E-state index in [0.29, 0.717) is 17.9 Å². The van der Waals surface area contributed by atoms with Gasteiger partial charge in [-0.1, -0.05) is 0 Å². The molecule has 0 amide bonds. The van der Waals surface area contributed by atoms with Crippen LogP contribution in [0.3, 0.4) is 0 Å². The van der Waals surface area contributed by atoms with Gasteiger partial charge in [0.1, 0.15) is 18.5 Å². The number of nitrogens with zero attached hydrogens (tertiary/aromatic N) is 4. The molecule has 1 atom stereocenters. The lowest BCUT2D eigenvalue weighted by Crippen LogP contribution is -2.49. The Morgan fingerprint density at radius 3 is 2.44 bits per heavy atom. The molecule has 3 rings (SSSR count). The third kappa shape index (κ3) is 5.38. The van der Waals surface area contributed by atoms with Gasteiger partial charge in [-0.3, -0.25) is 4.90 Å². The maximum absolute atomic E-state index is 11.4. The molecule has 1 fully saturated rings. The van der Waals surface area contributed by atoms with E-state index in [1.807, 2.05) is 0 Å². The standard InChI is InChI=1S/C19H24N4O4/c1-26-18(25)15-3-5-17(6-4-15)27-14-16(24)13-22-9-11-23(12-10-22)19-20-7-2-8-21-19/h2-8,16,24H,9-14H2,1H3/t16-/m1/s1. The van der Waals surface area contributed by atoms with E-state index in [1.54, 1.807) is 42.7 Å². The molecular formula is C19H24N4O4. The Morgan fingerprint density at radius 2 is 1.81 bits per heavy atom. The van der Waals surface area contributed by atoms with Crippen molar-refractivity contribution in [1.82, 2.24) is 14.9 Å². The van der Waals surface area contributed by atoms with Crippen LogP contribution in [0.4, 0.5) is 5.95 Å². The predicted molar refractivity (Wildman–Crippen MR) is 100.0 cm³/mol. The number of β-amino-alcohol motifs (C(OH)–C–C–N with tert-alkyl or cyclic N) is 1. The number of hydrogen-bond donors (Lipinski definition) is 1. The number of aliphatic hydroxyl groups is 1. The zero-order chi connectivity index (χ0) is 19.1. The Morgan fingerprint density at radius 1 is 1.15 bits per heavy atom. The molecule has 1 aliphatic rings. The average molecular weight is 372 g/mol. The quantitative estimate of drug-likeness (QED) is 0.715. The van der Waals surface area contributed by atoms with Crippen LogP contribution in [0, 0.1) is 0 Å². The van der Waals surface area contributed by atoms with Gasteiger partial charge in [0.15, 0.2) is 0 Å². The normalized spacial score (nSPS) is 16.0. The molecule has 0 unspecified atom stereocenters. The lowest BCUT2D eigenvalue weighted by Gasteiger charge is -2.35. The molecule has 0 spiro atoms. The van der Waals surface area contributed by atoms with E-state index in [4.69, 9.17) is 4.74 Å². The fourth-order valence-corrected chi connectivity index (χ4v) is 2.93. The minimum atomic E-state index is -0.593. The Kier molecular flexibility index (Phi) is 6.56. The smallest absolute Gasteiger partial charge is 0.337 e. The van der Waals surface area contributed by atoms with Gasteiger partial charge < -0.3 is 19.5 Å². The van der Waals surface area contributed by atoms with Crippen LogP contribution in [0.15, 0.2) is 42.7 Å². The summed E-state index contributed by atoms with van der Waals surface area (Å²) in [7, 11) is 1.34. The van der Waals surface area contributed by atoms with Crippen LogP contribution in [0.25, 0.3) is 0 Å². The van der Waals surface area contributed by atoms with Gasteiger partial charge in [0.05, 0.1) is 12.7 Å². The highest BCUT2D eigenvalue weighted by Gasteiger charge is 2.20. The van der Waals surface area contributed by atoms with Gasteiger partial charge in [-0.15, -0.1) is 0 Å². The second-order valence-electron chi connectivity index (χ2n) is 6.32. The summed E-state index contributed by atoms with van der Waals surface area (Å²) < 4.78 is 10.3. The van der Waals surface area contributed by atoms with Crippen LogP contribution in [0.5, 0.6) is 5.75 Å². The number of anilines is 1. The minimum absolute atomic E-state index is 0.194. The van der Waals surface area contributed by atoms with Gasteiger partial charge in [0, 0.05) is 45.1 Å². The van der Waals surface area contributed by atoms with Gasteiger partial charge in [0.2, 0.25) is 5.95 Å². The SMILES string of the molecule is COC(=O)c1ccc(OC[C@H](O)CN2CCN(c3ncccn3)CC2)cc1. The van der Waals surface area contributed by atoms with E-state index in [-0.39, 0.29) is 12.6 Å².